The van der Waals surface area contributed by atoms with E-state index in [9.17, 15) is 0 Å². The molecule has 17 heavy (non-hydrogen) atoms. The van der Waals surface area contributed by atoms with Crippen LogP contribution in [0.3, 0.4) is 0 Å². The van der Waals surface area contributed by atoms with E-state index in [4.69, 9.17) is 9.47 Å². The summed E-state index contributed by atoms with van der Waals surface area (Å²) in [5, 5.41) is 0. The molecule has 0 aromatic heterocycles. The lowest BCUT2D eigenvalue weighted by molar-refractivity contribution is 0.187. The summed E-state index contributed by atoms with van der Waals surface area (Å²) in [7, 11) is 9.29. The van der Waals surface area contributed by atoms with Crippen molar-refractivity contribution in [2.75, 3.05) is 27.4 Å². The van der Waals surface area contributed by atoms with E-state index in [2.05, 4.69) is 27.7 Å². The van der Waals surface area contributed by atoms with E-state index < -0.39 is 0 Å². The van der Waals surface area contributed by atoms with E-state index >= 15 is 0 Å². The predicted molar refractivity (Wildman–Crippen MR) is 83.9 cm³/mol. The van der Waals surface area contributed by atoms with Crippen molar-refractivity contribution in [3.05, 3.63) is 0 Å². The van der Waals surface area contributed by atoms with Crippen molar-refractivity contribution >= 4 is 31.4 Å². The Balaban J connectivity index is 3.80. The molecule has 0 aromatic carbocycles. The van der Waals surface area contributed by atoms with Crippen molar-refractivity contribution in [1.29, 1.82) is 0 Å². The van der Waals surface area contributed by atoms with Crippen molar-refractivity contribution in [2.24, 2.45) is 0 Å². The normalized spacial score (nSPS) is 13.1. The summed E-state index contributed by atoms with van der Waals surface area (Å²) in [6, 6.07) is 0. The largest absolute Gasteiger partial charge is 0.385 e. The van der Waals surface area contributed by atoms with Gasteiger partial charge in [0, 0.05) is 36.9 Å². The van der Waals surface area contributed by atoms with Gasteiger partial charge in [-0.1, -0.05) is 21.6 Å². The SMILES string of the molecule is COCCC(C)(C)SSSC(C)(C)CCOC. The molecule has 0 fully saturated rings. The minimum absolute atomic E-state index is 0.269. The molecule has 0 heterocycles. The smallest absolute Gasteiger partial charge is 0.0475 e. The highest BCUT2D eigenvalue weighted by Gasteiger charge is 2.23. The van der Waals surface area contributed by atoms with Gasteiger partial charge in [0.25, 0.3) is 0 Å². The van der Waals surface area contributed by atoms with Crippen LogP contribution in [0.1, 0.15) is 40.5 Å². The molecule has 0 saturated heterocycles. The first-order chi connectivity index (χ1) is 7.83. The van der Waals surface area contributed by atoms with Gasteiger partial charge < -0.3 is 9.47 Å². The Morgan fingerprint density at radius 3 is 1.41 bits per heavy atom. The first-order valence-corrected chi connectivity index (χ1v) is 9.33. The van der Waals surface area contributed by atoms with Gasteiger partial charge in [-0.2, -0.15) is 0 Å². The molecule has 0 aliphatic heterocycles. The summed E-state index contributed by atoms with van der Waals surface area (Å²) < 4.78 is 10.8. The van der Waals surface area contributed by atoms with Gasteiger partial charge in [0.1, 0.15) is 0 Å². The lowest BCUT2D eigenvalue weighted by atomic mass is 10.1. The van der Waals surface area contributed by atoms with Crippen molar-refractivity contribution in [3.63, 3.8) is 0 Å². The minimum atomic E-state index is 0.269. The highest BCUT2D eigenvalue weighted by atomic mass is 33.5. The Kier molecular flexibility index (Phi) is 9.48. The first kappa shape index (κ1) is 18.0. The van der Waals surface area contributed by atoms with Gasteiger partial charge in [-0.3, -0.25) is 0 Å². The van der Waals surface area contributed by atoms with Crippen molar-refractivity contribution < 1.29 is 9.47 Å². The standard InChI is InChI=1S/C12H26O2S3/c1-11(2,7-9-13-5)15-17-16-12(3,4)8-10-14-6/h7-10H2,1-6H3. The minimum Gasteiger partial charge on any atom is -0.385 e. The van der Waals surface area contributed by atoms with Crippen molar-refractivity contribution in [3.8, 4) is 0 Å². The Hall–Kier alpha value is 0.970. The summed E-state index contributed by atoms with van der Waals surface area (Å²) in [4.78, 5) is 0. The number of methoxy groups -OCH3 is 2. The highest BCUT2D eigenvalue weighted by Crippen LogP contribution is 2.50. The molecule has 2 nitrogen and oxygen atoms in total. The second kappa shape index (κ2) is 8.97. The van der Waals surface area contributed by atoms with Gasteiger partial charge >= 0.3 is 0 Å². The molecule has 0 aromatic rings. The maximum atomic E-state index is 5.13. The lowest BCUT2D eigenvalue weighted by Gasteiger charge is -2.26. The molecule has 0 atom stereocenters. The van der Waals surface area contributed by atoms with Crippen LogP contribution in [0.4, 0.5) is 0 Å². The van der Waals surface area contributed by atoms with Crippen LogP contribution in [-0.2, 0) is 9.47 Å². The molecule has 0 N–H and O–H groups in total. The van der Waals surface area contributed by atoms with Gasteiger partial charge in [0.15, 0.2) is 0 Å². The van der Waals surface area contributed by atoms with Crippen LogP contribution < -0.4 is 0 Å². The zero-order valence-electron chi connectivity index (χ0n) is 11.9. The van der Waals surface area contributed by atoms with E-state index in [1.165, 1.54) is 0 Å². The quantitative estimate of drug-likeness (QED) is 0.545. The monoisotopic (exact) mass is 298 g/mol. The van der Waals surface area contributed by atoms with Crippen LogP contribution in [0, 0.1) is 0 Å². The zero-order valence-corrected chi connectivity index (χ0v) is 14.3. The lowest BCUT2D eigenvalue weighted by Crippen LogP contribution is -2.17. The highest BCUT2D eigenvalue weighted by molar-refractivity contribution is 9.09. The van der Waals surface area contributed by atoms with Crippen LogP contribution in [-0.4, -0.2) is 36.9 Å². The van der Waals surface area contributed by atoms with Gasteiger partial charge in [0.2, 0.25) is 0 Å². The Labute approximate surface area is 118 Å². The maximum absolute atomic E-state index is 5.13. The summed E-state index contributed by atoms with van der Waals surface area (Å²) in [5.74, 6) is 0. The molecule has 0 spiro atoms. The summed E-state index contributed by atoms with van der Waals surface area (Å²) in [5.41, 5.74) is 0. The molecular weight excluding hydrogens is 272 g/mol. The maximum Gasteiger partial charge on any atom is 0.0475 e. The number of hydrogen-bond acceptors (Lipinski definition) is 5. The molecule has 0 amide bonds. The van der Waals surface area contributed by atoms with Gasteiger partial charge in [-0.05, 0) is 50.4 Å². The fourth-order valence-corrected chi connectivity index (χ4v) is 7.04. The third-order valence-electron chi connectivity index (χ3n) is 2.34. The first-order valence-electron chi connectivity index (χ1n) is 5.84. The molecule has 0 aliphatic carbocycles. The van der Waals surface area contributed by atoms with Crippen LogP contribution in [0.15, 0.2) is 0 Å². The predicted octanol–water partition coefficient (Wildman–Crippen LogP) is 4.65. The van der Waals surface area contributed by atoms with E-state index in [1.54, 1.807) is 14.2 Å². The second-order valence-electron chi connectivity index (χ2n) is 5.24. The van der Waals surface area contributed by atoms with Crippen LogP contribution in [0.2, 0.25) is 0 Å². The molecule has 0 radical (unpaired) electrons. The third kappa shape index (κ3) is 10.6. The third-order valence-corrected chi connectivity index (χ3v) is 8.12. The second-order valence-corrected chi connectivity index (χ2v) is 10.6. The molecular formula is C12H26O2S3. The van der Waals surface area contributed by atoms with E-state index in [1.807, 2.05) is 31.4 Å². The fraction of sp³-hybridized carbons (Fsp3) is 1.00. The van der Waals surface area contributed by atoms with E-state index in [0.717, 1.165) is 26.1 Å². The summed E-state index contributed by atoms with van der Waals surface area (Å²) in [6.07, 6.45) is 2.17. The van der Waals surface area contributed by atoms with Crippen LogP contribution >= 0.6 is 31.4 Å². The average molecular weight is 299 g/mol. The summed E-state index contributed by atoms with van der Waals surface area (Å²) in [6.45, 7) is 10.7. The number of rotatable bonds is 10. The molecule has 0 saturated carbocycles. The Morgan fingerprint density at radius 1 is 0.765 bits per heavy atom. The molecule has 0 bridgehead atoms. The van der Waals surface area contributed by atoms with Crippen LogP contribution in [0.5, 0.6) is 0 Å². The molecule has 0 aliphatic rings. The average Bonchev–Trinajstić information content (AvgIpc) is 2.23. The van der Waals surface area contributed by atoms with Gasteiger partial charge in [0.05, 0.1) is 0 Å². The van der Waals surface area contributed by atoms with Crippen molar-refractivity contribution in [2.45, 2.75) is 50.0 Å². The molecule has 104 valence electrons. The topological polar surface area (TPSA) is 18.5 Å². The molecule has 0 rings (SSSR count). The number of ether oxygens (including phenoxy) is 2. The van der Waals surface area contributed by atoms with E-state index in [0.29, 0.717) is 0 Å². The molecule has 5 heteroatoms. The van der Waals surface area contributed by atoms with E-state index in [-0.39, 0.29) is 9.49 Å². The Morgan fingerprint density at radius 2 is 1.12 bits per heavy atom. The van der Waals surface area contributed by atoms with Gasteiger partial charge in [-0.15, -0.1) is 0 Å². The molecule has 0 unspecified atom stereocenters. The zero-order chi connectivity index (χ0) is 13.4. The fourth-order valence-electron chi connectivity index (χ4n) is 0.980. The van der Waals surface area contributed by atoms with Crippen molar-refractivity contribution in [1.82, 2.24) is 0 Å². The Bertz CT molecular complexity index is 176. The number of hydrogen-bond donors (Lipinski definition) is 0. The summed E-state index contributed by atoms with van der Waals surface area (Å²) >= 11 is 0. The van der Waals surface area contributed by atoms with Gasteiger partial charge in [-0.25, -0.2) is 0 Å². The van der Waals surface area contributed by atoms with Crippen LogP contribution in [0.25, 0.3) is 0 Å².